The molecule has 0 aromatic heterocycles. The molecule has 0 saturated carbocycles. The van der Waals surface area contributed by atoms with E-state index in [0.717, 1.165) is 16.3 Å². The van der Waals surface area contributed by atoms with Crippen molar-refractivity contribution < 1.29 is 9.72 Å². The first-order valence-corrected chi connectivity index (χ1v) is 5.66. The number of rotatable bonds is 5. The normalized spacial score (nSPS) is 14.1. The van der Waals surface area contributed by atoms with Gasteiger partial charge in [-0.2, -0.15) is 0 Å². The largest absolute Gasteiger partial charge is 0.303 e. The third-order valence-corrected chi connectivity index (χ3v) is 3.02. The maximum absolute atomic E-state index is 10.7. The molecule has 0 unspecified atom stereocenters. The summed E-state index contributed by atoms with van der Waals surface area (Å²) in [4.78, 5) is 20.9. The first-order valence-electron chi connectivity index (χ1n) is 4.87. The van der Waals surface area contributed by atoms with E-state index in [9.17, 15) is 14.9 Å². The van der Waals surface area contributed by atoms with Crippen molar-refractivity contribution in [2.75, 3.05) is 6.54 Å². The summed E-state index contributed by atoms with van der Waals surface area (Å²) in [6.45, 7) is 1.48. The Kier molecular flexibility index (Phi) is 4.61. The van der Waals surface area contributed by atoms with E-state index in [1.165, 1.54) is 0 Å². The minimum absolute atomic E-state index is 0.221. The zero-order chi connectivity index (χ0) is 12.1. The van der Waals surface area contributed by atoms with Crippen LogP contribution >= 0.6 is 15.9 Å². The molecule has 0 fully saturated rings. The number of benzene rings is 1. The SMILES string of the molecule is C[C@H](C=O)[C@H](C[N+](=O)[O-])c1ccc(Br)cc1. The summed E-state index contributed by atoms with van der Waals surface area (Å²) in [5, 5.41) is 10.6. The van der Waals surface area contributed by atoms with Crippen molar-refractivity contribution in [1.82, 2.24) is 0 Å². The number of carbonyl (C=O) groups excluding carboxylic acids is 1. The summed E-state index contributed by atoms with van der Waals surface area (Å²) in [6.07, 6.45) is 0.760. The molecule has 0 amide bonds. The molecule has 0 heterocycles. The summed E-state index contributed by atoms with van der Waals surface area (Å²) < 4.78 is 0.912. The number of nitrogens with zero attached hydrogens (tertiary/aromatic N) is 1. The van der Waals surface area contributed by atoms with Crippen molar-refractivity contribution in [3.8, 4) is 0 Å². The maximum Gasteiger partial charge on any atom is 0.211 e. The summed E-state index contributed by atoms with van der Waals surface area (Å²) in [5.41, 5.74) is 0.819. The lowest BCUT2D eigenvalue weighted by Crippen LogP contribution is -2.20. The number of hydrogen-bond donors (Lipinski definition) is 0. The molecule has 86 valence electrons. The molecule has 0 aliphatic rings. The second kappa shape index (κ2) is 5.75. The molecule has 1 aromatic carbocycles. The maximum atomic E-state index is 10.7. The topological polar surface area (TPSA) is 60.2 Å². The number of carbonyl (C=O) groups is 1. The van der Waals surface area contributed by atoms with E-state index in [1.54, 1.807) is 19.1 Å². The van der Waals surface area contributed by atoms with Crippen LogP contribution in [0, 0.1) is 16.0 Å². The number of hydrogen-bond acceptors (Lipinski definition) is 3. The summed E-state index contributed by atoms with van der Waals surface area (Å²) in [6, 6.07) is 7.25. The number of nitro groups is 1. The monoisotopic (exact) mass is 285 g/mol. The van der Waals surface area contributed by atoms with Gasteiger partial charge in [-0.05, 0) is 17.7 Å². The lowest BCUT2D eigenvalue weighted by Gasteiger charge is -2.16. The molecule has 5 heteroatoms. The van der Waals surface area contributed by atoms with E-state index < -0.39 is 0 Å². The predicted molar refractivity (Wildman–Crippen MR) is 64.0 cm³/mol. The van der Waals surface area contributed by atoms with Crippen molar-refractivity contribution in [2.45, 2.75) is 12.8 Å². The van der Waals surface area contributed by atoms with Gasteiger partial charge in [0.2, 0.25) is 6.54 Å². The molecule has 1 rings (SSSR count). The van der Waals surface area contributed by atoms with Gasteiger partial charge in [0.05, 0.1) is 5.92 Å². The Balaban J connectivity index is 2.95. The van der Waals surface area contributed by atoms with E-state index in [1.807, 2.05) is 12.1 Å². The van der Waals surface area contributed by atoms with Crippen LogP contribution in [-0.4, -0.2) is 17.8 Å². The van der Waals surface area contributed by atoms with Gasteiger partial charge in [0, 0.05) is 15.3 Å². The molecule has 0 N–H and O–H groups in total. The Morgan fingerprint density at radius 2 is 2.00 bits per heavy atom. The molecule has 1 aromatic rings. The second-order valence-corrected chi connectivity index (χ2v) is 4.58. The zero-order valence-electron chi connectivity index (χ0n) is 8.80. The third kappa shape index (κ3) is 3.41. The molecule has 16 heavy (non-hydrogen) atoms. The molecule has 0 saturated heterocycles. The van der Waals surface area contributed by atoms with Crippen molar-refractivity contribution in [2.24, 2.45) is 5.92 Å². The fourth-order valence-corrected chi connectivity index (χ4v) is 1.80. The highest BCUT2D eigenvalue weighted by atomic mass is 79.9. The molecule has 2 atom stereocenters. The van der Waals surface area contributed by atoms with Crippen LogP contribution in [0.2, 0.25) is 0 Å². The quantitative estimate of drug-likeness (QED) is 0.475. The average molecular weight is 286 g/mol. The van der Waals surface area contributed by atoms with E-state index in [4.69, 9.17) is 0 Å². The van der Waals surface area contributed by atoms with Gasteiger partial charge in [-0.1, -0.05) is 35.0 Å². The summed E-state index contributed by atoms with van der Waals surface area (Å²) in [7, 11) is 0. The fourth-order valence-electron chi connectivity index (χ4n) is 1.54. The standard InChI is InChI=1S/C11H12BrNO3/c1-8(7-14)11(6-13(15)16)9-2-4-10(12)5-3-9/h2-5,7-8,11H,6H2,1H3/t8-,11+/m1/s1. The molecule has 0 aliphatic heterocycles. The van der Waals surface area contributed by atoms with Crippen LogP contribution in [0.15, 0.2) is 28.7 Å². The number of aldehydes is 1. The molecular weight excluding hydrogens is 274 g/mol. The highest BCUT2D eigenvalue weighted by molar-refractivity contribution is 9.10. The van der Waals surface area contributed by atoms with Crippen LogP contribution in [0.3, 0.4) is 0 Å². The number of halogens is 1. The van der Waals surface area contributed by atoms with E-state index in [2.05, 4.69) is 15.9 Å². The zero-order valence-corrected chi connectivity index (χ0v) is 10.4. The lowest BCUT2D eigenvalue weighted by atomic mass is 9.88. The van der Waals surface area contributed by atoms with E-state index >= 15 is 0 Å². The van der Waals surface area contributed by atoms with Crippen LogP contribution < -0.4 is 0 Å². The van der Waals surface area contributed by atoms with Gasteiger partial charge in [-0.25, -0.2) is 0 Å². The predicted octanol–water partition coefficient (Wildman–Crippen LogP) is 2.64. The Hall–Kier alpha value is -1.23. The van der Waals surface area contributed by atoms with Crippen molar-refractivity contribution in [3.05, 3.63) is 44.4 Å². The highest BCUT2D eigenvalue weighted by Crippen LogP contribution is 2.25. The van der Waals surface area contributed by atoms with Gasteiger partial charge in [0.25, 0.3) is 0 Å². The Morgan fingerprint density at radius 1 is 1.44 bits per heavy atom. The van der Waals surface area contributed by atoms with Crippen molar-refractivity contribution in [1.29, 1.82) is 0 Å². The molecule has 0 radical (unpaired) electrons. The molecule has 4 nitrogen and oxygen atoms in total. The van der Waals surface area contributed by atoms with Crippen LogP contribution in [-0.2, 0) is 4.79 Å². The molecular formula is C11H12BrNO3. The van der Waals surface area contributed by atoms with Gasteiger partial charge in [-0.15, -0.1) is 0 Å². The Bertz CT molecular complexity index is 377. The highest BCUT2D eigenvalue weighted by Gasteiger charge is 2.24. The lowest BCUT2D eigenvalue weighted by molar-refractivity contribution is -0.484. The molecule has 0 spiro atoms. The van der Waals surface area contributed by atoms with Crippen LogP contribution in [0.5, 0.6) is 0 Å². The Labute approximate surface area is 102 Å². The minimum Gasteiger partial charge on any atom is -0.303 e. The van der Waals surface area contributed by atoms with Gasteiger partial charge >= 0.3 is 0 Å². The smallest absolute Gasteiger partial charge is 0.211 e. The van der Waals surface area contributed by atoms with E-state index in [0.29, 0.717) is 0 Å². The van der Waals surface area contributed by atoms with Crippen LogP contribution in [0.1, 0.15) is 18.4 Å². The second-order valence-electron chi connectivity index (χ2n) is 3.67. The summed E-state index contributed by atoms with van der Waals surface area (Å²) in [5.74, 6) is -0.716. The van der Waals surface area contributed by atoms with Gasteiger partial charge in [-0.3, -0.25) is 10.1 Å². The minimum atomic E-state index is -0.382. The van der Waals surface area contributed by atoms with Crippen molar-refractivity contribution in [3.63, 3.8) is 0 Å². The van der Waals surface area contributed by atoms with Crippen LogP contribution in [0.25, 0.3) is 0 Å². The average Bonchev–Trinajstić information content (AvgIpc) is 2.26. The van der Waals surface area contributed by atoms with Gasteiger partial charge in [0.15, 0.2) is 0 Å². The summed E-state index contributed by atoms with van der Waals surface area (Å²) >= 11 is 3.30. The van der Waals surface area contributed by atoms with Gasteiger partial charge < -0.3 is 4.79 Å². The first kappa shape index (κ1) is 12.8. The van der Waals surface area contributed by atoms with Crippen LogP contribution in [0.4, 0.5) is 0 Å². The molecule has 0 aliphatic carbocycles. The fraction of sp³-hybridized carbons (Fsp3) is 0.364. The third-order valence-electron chi connectivity index (χ3n) is 2.49. The molecule has 0 bridgehead atoms. The first-order chi connectivity index (χ1) is 7.54. The Morgan fingerprint density at radius 3 is 2.44 bits per heavy atom. The van der Waals surface area contributed by atoms with Crippen molar-refractivity contribution >= 4 is 22.2 Å². The van der Waals surface area contributed by atoms with E-state index in [-0.39, 0.29) is 23.3 Å². The van der Waals surface area contributed by atoms with Gasteiger partial charge in [0.1, 0.15) is 6.29 Å².